The van der Waals surface area contributed by atoms with Crippen molar-refractivity contribution in [1.82, 2.24) is 9.96 Å². The summed E-state index contributed by atoms with van der Waals surface area (Å²) in [5, 5.41) is 2.01. The molecular formula is C22H26N2O3. The van der Waals surface area contributed by atoms with Gasteiger partial charge in [-0.2, -0.15) is 5.06 Å². The number of amides is 1. The molecule has 2 aliphatic rings. The van der Waals surface area contributed by atoms with Crippen LogP contribution in [-0.4, -0.2) is 42.6 Å². The Hall–Kier alpha value is -2.37. The van der Waals surface area contributed by atoms with Gasteiger partial charge in [0.25, 0.3) is 0 Å². The van der Waals surface area contributed by atoms with Crippen molar-refractivity contribution in [2.75, 3.05) is 26.7 Å². The van der Waals surface area contributed by atoms with Crippen molar-refractivity contribution in [2.24, 2.45) is 5.41 Å². The van der Waals surface area contributed by atoms with Gasteiger partial charge >= 0.3 is 0 Å². The molecule has 0 bridgehead atoms. The molecule has 5 heteroatoms. The number of carbonyl (C=O) groups is 1. The number of nitrogens with zero attached hydrogens (tertiary/aromatic N) is 2. The number of β-lactam (4-membered cyclic amide) rings is 1. The normalized spacial score (nSPS) is 19.1. The van der Waals surface area contributed by atoms with Crippen molar-refractivity contribution in [3.8, 4) is 5.75 Å². The Labute approximate surface area is 160 Å². The van der Waals surface area contributed by atoms with Crippen LogP contribution in [0.15, 0.2) is 54.6 Å². The van der Waals surface area contributed by atoms with E-state index in [9.17, 15) is 4.79 Å². The minimum atomic E-state index is -0.168. The van der Waals surface area contributed by atoms with E-state index in [1.54, 1.807) is 7.11 Å². The fourth-order valence-corrected chi connectivity index (χ4v) is 3.98. The molecule has 5 nitrogen and oxygen atoms in total. The number of hydrogen-bond donors (Lipinski definition) is 0. The third-order valence-electron chi connectivity index (χ3n) is 5.70. The summed E-state index contributed by atoms with van der Waals surface area (Å²) in [5.74, 6) is 1.13. The molecule has 142 valence electrons. The van der Waals surface area contributed by atoms with Crippen LogP contribution in [0.1, 0.15) is 24.0 Å². The molecule has 1 spiro atoms. The predicted octanol–water partition coefficient (Wildman–Crippen LogP) is 3.25. The van der Waals surface area contributed by atoms with Crippen LogP contribution in [0.2, 0.25) is 0 Å². The molecule has 4 rings (SSSR count). The number of benzene rings is 2. The van der Waals surface area contributed by atoms with E-state index in [1.165, 1.54) is 5.56 Å². The maximum atomic E-state index is 12.8. The van der Waals surface area contributed by atoms with Crippen molar-refractivity contribution < 1.29 is 14.4 Å². The number of carbonyl (C=O) groups excluding carboxylic acids is 1. The lowest BCUT2D eigenvalue weighted by atomic mass is 9.71. The van der Waals surface area contributed by atoms with Crippen molar-refractivity contribution in [3.05, 3.63) is 65.7 Å². The first-order valence-corrected chi connectivity index (χ1v) is 9.53. The van der Waals surface area contributed by atoms with Gasteiger partial charge in [-0.05, 0) is 36.1 Å². The lowest BCUT2D eigenvalue weighted by Crippen LogP contribution is -2.64. The Bertz CT molecular complexity index is 768. The number of hydrogen-bond acceptors (Lipinski definition) is 4. The summed E-state index contributed by atoms with van der Waals surface area (Å²) >= 11 is 0. The summed E-state index contributed by atoms with van der Waals surface area (Å²) in [4.78, 5) is 20.7. The summed E-state index contributed by atoms with van der Waals surface area (Å²) in [6.07, 6.45) is 1.75. The molecule has 27 heavy (non-hydrogen) atoms. The van der Waals surface area contributed by atoms with E-state index in [4.69, 9.17) is 9.57 Å². The van der Waals surface area contributed by atoms with Crippen molar-refractivity contribution in [1.29, 1.82) is 0 Å². The van der Waals surface area contributed by atoms with Crippen LogP contribution < -0.4 is 4.74 Å². The summed E-state index contributed by atoms with van der Waals surface area (Å²) in [6, 6.07) is 18.1. The Morgan fingerprint density at radius 1 is 0.963 bits per heavy atom. The van der Waals surface area contributed by atoms with Gasteiger partial charge in [0.2, 0.25) is 5.91 Å². The zero-order chi connectivity index (χ0) is 18.7. The third kappa shape index (κ3) is 3.84. The van der Waals surface area contributed by atoms with E-state index < -0.39 is 0 Å². The summed E-state index contributed by atoms with van der Waals surface area (Å²) in [7, 11) is 1.66. The molecule has 0 atom stereocenters. The monoisotopic (exact) mass is 366 g/mol. The van der Waals surface area contributed by atoms with Crippen molar-refractivity contribution in [2.45, 2.75) is 26.0 Å². The Balaban J connectivity index is 1.25. The van der Waals surface area contributed by atoms with Gasteiger partial charge in [0, 0.05) is 26.2 Å². The molecule has 0 radical (unpaired) electrons. The summed E-state index contributed by atoms with van der Waals surface area (Å²) in [6.45, 7) is 3.75. The predicted molar refractivity (Wildman–Crippen MR) is 103 cm³/mol. The van der Waals surface area contributed by atoms with Gasteiger partial charge in [-0.1, -0.05) is 42.5 Å². The van der Waals surface area contributed by atoms with E-state index in [2.05, 4.69) is 12.1 Å². The molecule has 2 fully saturated rings. The average Bonchev–Trinajstić information content (AvgIpc) is 2.74. The first-order chi connectivity index (χ1) is 13.2. The van der Waals surface area contributed by atoms with Crippen LogP contribution in [0.3, 0.4) is 0 Å². The third-order valence-corrected chi connectivity index (χ3v) is 5.70. The quantitative estimate of drug-likeness (QED) is 0.736. The van der Waals surface area contributed by atoms with E-state index in [-0.39, 0.29) is 5.41 Å². The number of ether oxygens (including phenoxy) is 1. The maximum absolute atomic E-state index is 12.8. The number of methoxy groups -OCH3 is 1. The van der Waals surface area contributed by atoms with Gasteiger partial charge in [-0.25, -0.2) is 0 Å². The van der Waals surface area contributed by atoms with Gasteiger partial charge in [0.15, 0.2) is 0 Å². The zero-order valence-corrected chi connectivity index (χ0v) is 15.8. The summed E-state index contributed by atoms with van der Waals surface area (Å²) < 4.78 is 5.19. The average molecular weight is 366 g/mol. The highest BCUT2D eigenvalue weighted by Gasteiger charge is 2.52. The van der Waals surface area contributed by atoms with Crippen LogP contribution in [-0.2, 0) is 22.8 Å². The Morgan fingerprint density at radius 3 is 2.30 bits per heavy atom. The molecule has 0 N–H and O–H groups in total. The second kappa shape index (κ2) is 7.71. The molecule has 0 aromatic heterocycles. The molecule has 1 amide bonds. The first-order valence-electron chi connectivity index (χ1n) is 9.53. The largest absolute Gasteiger partial charge is 0.497 e. The Kier molecular flexibility index (Phi) is 5.14. The second-order valence-electron chi connectivity index (χ2n) is 7.48. The number of likely N-dealkylation sites (tertiary alicyclic amines) is 1. The summed E-state index contributed by atoms with van der Waals surface area (Å²) in [5.41, 5.74) is 2.14. The number of hydroxylamine groups is 2. The van der Waals surface area contributed by atoms with Crippen LogP contribution in [0.5, 0.6) is 5.75 Å². The fraction of sp³-hybridized carbons (Fsp3) is 0.409. The van der Waals surface area contributed by atoms with Crippen LogP contribution in [0.4, 0.5) is 0 Å². The highest BCUT2D eigenvalue weighted by molar-refractivity contribution is 5.88. The maximum Gasteiger partial charge on any atom is 0.231 e. The molecule has 0 saturated carbocycles. The van der Waals surface area contributed by atoms with E-state index >= 15 is 0 Å². The second-order valence-corrected chi connectivity index (χ2v) is 7.48. The van der Waals surface area contributed by atoms with E-state index in [1.807, 2.05) is 52.4 Å². The van der Waals surface area contributed by atoms with Crippen LogP contribution in [0.25, 0.3) is 0 Å². The van der Waals surface area contributed by atoms with Gasteiger partial charge in [-0.3, -0.25) is 9.63 Å². The van der Waals surface area contributed by atoms with Crippen molar-refractivity contribution >= 4 is 5.91 Å². The minimum Gasteiger partial charge on any atom is -0.497 e. The SMILES string of the molecule is COc1ccc(CN2CC3(CCN(OCc4ccccc4)CC3)C2=O)cc1. The minimum absolute atomic E-state index is 0.168. The number of piperidine rings is 1. The Morgan fingerprint density at radius 2 is 1.67 bits per heavy atom. The molecule has 2 heterocycles. The molecule has 2 aliphatic heterocycles. The number of rotatable bonds is 6. The highest BCUT2D eigenvalue weighted by Crippen LogP contribution is 2.42. The smallest absolute Gasteiger partial charge is 0.231 e. The van der Waals surface area contributed by atoms with Crippen LogP contribution in [0, 0.1) is 5.41 Å². The lowest BCUT2D eigenvalue weighted by molar-refractivity contribution is -0.208. The van der Waals surface area contributed by atoms with E-state index in [0.29, 0.717) is 19.1 Å². The van der Waals surface area contributed by atoms with Crippen LogP contribution >= 0.6 is 0 Å². The van der Waals surface area contributed by atoms with E-state index in [0.717, 1.165) is 43.8 Å². The fourth-order valence-electron chi connectivity index (χ4n) is 3.98. The molecule has 0 aliphatic carbocycles. The van der Waals surface area contributed by atoms with Gasteiger partial charge in [0.1, 0.15) is 5.75 Å². The molecule has 2 saturated heterocycles. The topological polar surface area (TPSA) is 42.0 Å². The standard InChI is InChI=1S/C22H26N2O3/c1-26-20-9-7-18(8-10-20)15-23-17-22(21(23)25)11-13-24(14-12-22)27-16-19-5-3-2-4-6-19/h2-10H,11-17H2,1H3. The van der Waals surface area contributed by atoms with Gasteiger partial charge in [0.05, 0.1) is 19.1 Å². The first kappa shape index (κ1) is 18.0. The van der Waals surface area contributed by atoms with Crippen molar-refractivity contribution in [3.63, 3.8) is 0 Å². The van der Waals surface area contributed by atoms with Gasteiger partial charge < -0.3 is 9.64 Å². The zero-order valence-electron chi connectivity index (χ0n) is 15.8. The van der Waals surface area contributed by atoms with Gasteiger partial charge in [-0.15, -0.1) is 0 Å². The molecule has 2 aromatic carbocycles. The molecule has 0 unspecified atom stereocenters. The lowest BCUT2D eigenvalue weighted by Gasteiger charge is -2.52. The molecule has 2 aromatic rings. The highest BCUT2D eigenvalue weighted by atomic mass is 16.7. The molecular weight excluding hydrogens is 340 g/mol.